The van der Waals surface area contributed by atoms with E-state index in [1.807, 2.05) is 24.3 Å². The zero-order valence-corrected chi connectivity index (χ0v) is 9.44. The van der Waals surface area contributed by atoms with Crippen molar-refractivity contribution in [3.63, 3.8) is 0 Å². The summed E-state index contributed by atoms with van der Waals surface area (Å²) < 4.78 is 14.9. The van der Waals surface area contributed by atoms with Crippen LogP contribution in [0.5, 0.6) is 0 Å². The van der Waals surface area contributed by atoms with Gasteiger partial charge in [-0.2, -0.15) is 4.98 Å². The maximum absolute atomic E-state index is 5.51. The van der Waals surface area contributed by atoms with Gasteiger partial charge in [-0.1, -0.05) is 12.1 Å². The molecule has 0 saturated carbocycles. The summed E-state index contributed by atoms with van der Waals surface area (Å²) in [5.41, 5.74) is 1.53. The first kappa shape index (κ1) is 11.4. The van der Waals surface area contributed by atoms with Crippen LogP contribution in [0.2, 0.25) is 5.35 Å². The zero-order valence-electron chi connectivity index (χ0n) is 8.69. The molecule has 0 spiro atoms. The second-order valence-electron chi connectivity index (χ2n) is 3.16. The number of hydrogen-bond acceptors (Lipinski definition) is 4. The molecule has 4 nitrogen and oxygen atoms in total. The van der Waals surface area contributed by atoms with Gasteiger partial charge in [-0.15, -0.1) is 0 Å². The lowest BCUT2D eigenvalue weighted by Crippen LogP contribution is -2.16. The topological polar surface area (TPSA) is 44.5 Å². The minimum atomic E-state index is 0.196. The number of benzene rings is 1. The standard InChI is InChI=1S/C7H4ClNO.C4H8O2/c8-7-9-5-3-1-2-4-6(5)10-7;1-2-6-4-3-5-1/h1-4H;1-4H2. The Morgan fingerprint density at radius 2 is 1.62 bits per heavy atom. The first-order chi connectivity index (χ1) is 7.86. The molecule has 2 aromatic rings. The van der Waals surface area contributed by atoms with Gasteiger partial charge in [-0.3, -0.25) is 0 Å². The van der Waals surface area contributed by atoms with E-state index in [9.17, 15) is 0 Å². The Hall–Kier alpha value is -1.10. The number of ether oxygens (including phenoxy) is 2. The average Bonchev–Trinajstić information content (AvgIpc) is 2.72. The average molecular weight is 242 g/mol. The third kappa shape index (κ3) is 3.20. The fourth-order valence-corrected chi connectivity index (χ4v) is 1.46. The van der Waals surface area contributed by atoms with Gasteiger partial charge in [-0.05, 0) is 23.7 Å². The largest absolute Gasteiger partial charge is 0.428 e. The molecule has 5 heteroatoms. The van der Waals surface area contributed by atoms with E-state index in [2.05, 4.69) is 4.98 Å². The van der Waals surface area contributed by atoms with Crippen LogP contribution in [0.15, 0.2) is 28.7 Å². The number of nitrogens with zero attached hydrogens (tertiary/aromatic N) is 1. The number of aromatic nitrogens is 1. The van der Waals surface area contributed by atoms with Crippen molar-refractivity contribution in [1.29, 1.82) is 0 Å². The Balaban J connectivity index is 0.000000138. The highest BCUT2D eigenvalue weighted by molar-refractivity contribution is 6.28. The van der Waals surface area contributed by atoms with Gasteiger partial charge in [0.15, 0.2) is 5.58 Å². The Morgan fingerprint density at radius 3 is 2.19 bits per heavy atom. The summed E-state index contributed by atoms with van der Waals surface area (Å²) in [7, 11) is 0. The molecule has 0 atom stereocenters. The summed E-state index contributed by atoms with van der Waals surface area (Å²) in [4.78, 5) is 3.91. The van der Waals surface area contributed by atoms with Crippen LogP contribution in [0.4, 0.5) is 0 Å². The highest BCUT2D eigenvalue weighted by Gasteiger charge is 1.99. The third-order valence-electron chi connectivity index (χ3n) is 2.01. The molecule has 0 N–H and O–H groups in total. The predicted molar refractivity (Wildman–Crippen MR) is 60.7 cm³/mol. The summed E-state index contributed by atoms with van der Waals surface area (Å²) in [5, 5.41) is 0.196. The number of fused-ring (bicyclic) bond motifs is 1. The van der Waals surface area contributed by atoms with Crippen LogP contribution in [-0.4, -0.2) is 31.4 Å². The summed E-state index contributed by atoms with van der Waals surface area (Å²) in [6.07, 6.45) is 0. The van der Waals surface area contributed by atoms with Gasteiger partial charge in [0.1, 0.15) is 5.52 Å². The van der Waals surface area contributed by atoms with E-state index >= 15 is 0 Å². The molecule has 0 radical (unpaired) electrons. The van der Waals surface area contributed by atoms with Crippen LogP contribution in [0.1, 0.15) is 0 Å². The van der Waals surface area contributed by atoms with Crippen molar-refractivity contribution in [3.05, 3.63) is 29.6 Å². The number of halogens is 1. The maximum Gasteiger partial charge on any atom is 0.293 e. The van der Waals surface area contributed by atoms with E-state index < -0.39 is 0 Å². The van der Waals surface area contributed by atoms with Crippen LogP contribution < -0.4 is 0 Å². The Labute approximate surface area is 98.1 Å². The van der Waals surface area contributed by atoms with Gasteiger partial charge in [0.25, 0.3) is 5.35 Å². The molecule has 2 heterocycles. The van der Waals surface area contributed by atoms with Crippen molar-refractivity contribution in [2.75, 3.05) is 26.4 Å². The monoisotopic (exact) mass is 241 g/mol. The molecule has 1 saturated heterocycles. The SMILES string of the molecule is C1COCCO1.Clc1nc2ccccc2o1. The van der Waals surface area contributed by atoms with E-state index in [0.717, 1.165) is 37.5 Å². The van der Waals surface area contributed by atoms with Gasteiger partial charge in [0.2, 0.25) is 0 Å². The van der Waals surface area contributed by atoms with E-state index in [1.165, 1.54) is 0 Å². The molecular formula is C11H12ClNO3. The van der Waals surface area contributed by atoms with Crippen molar-refractivity contribution in [3.8, 4) is 0 Å². The van der Waals surface area contributed by atoms with Gasteiger partial charge in [-0.25, -0.2) is 0 Å². The lowest BCUT2D eigenvalue weighted by atomic mass is 10.3. The summed E-state index contributed by atoms with van der Waals surface area (Å²) in [6.45, 7) is 3.11. The van der Waals surface area contributed by atoms with Gasteiger partial charge in [0.05, 0.1) is 26.4 Å². The first-order valence-electron chi connectivity index (χ1n) is 5.03. The van der Waals surface area contributed by atoms with E-state index in [0.29, 0.717) is 0 Å². The van der Waals surface area contributed by atoms with Crippen LogP contribution in [0, 0.1) is 0 Å². The number of rotatable bonds is 0. The third-order valence-corrected chi connectivity index (χ3v) is 2.17. The molecule has 1 fully saturated rings. The van der Waals surface area contributed by atoms with Crippen LogP contribution in [0.25, 0.3) is 11.1 Å². The highest BCUT2D eigenvalue weighted by Crippen LogP contribution is 2.17. The van der Waals surface area contributed by atoms with Crippen LogP contribution in [0.3, 0.4) is 0 Å². The zero-order chi connectivity index (χ0) is 11.2. The molecule has 86 valence electrons. The van der Waals surface area contributed by atoms with Crippen LogP contribution >= 0.6 is 11.6 Å². The van der Waals surface area contributed by atoms with Crippen molar-refractivity contribution in [1.82, 2.24) is 4.98 Å². The first-order valence-corrected chi connectivity index (χ1v) is 5.40. The van der Waals surface area contributed by atoms with Crippen LogP contribution in [-0.2, 0) is 9.47 Å². The molecular weight excluding hydrogens is 230 g/mol. The van der Waals surface area contributed by atoms with Crippen molar-refractivity contribution < 1.29 is 13.9 Å². The number of hydrogen-bond donors (Lipinski definition) is 0. The van der Waals surface area contributed by atoms with Crippen molar-refractivity contribution >= 4 is 22.7 Å². The Bertz CT molecular complexity index is 395. The molecule has 1 aromatic carbocycles. The normalized spacial score (nSPS) is 15.6. The minimum Gasteiger partial charge on any atom is -0.428 e. The molecule has 0 bridgehead atoms. The van der Waals surface area contributed by atoms with Gasteiger partial charge in [0, 0.05) is 0 Å². The number of para-hydroxylation sites is 2. The molecule has 3 rings (SSSR count). The highest BCUT2D eigenvalue weighted by atomic mass is 35.5. The lowest BCUT2D eigenvalue weighted by molar-refractivity contribution is -0.0334. The molecule has 1 aromatic heterocycles. The molecule has 16 heavy (non-hydrogen) atoms. The minimum absolute atomic E-state index is 0.196. The fourth-order valence-electron chi connectivity index (χ4n) is 1.28. The maximum atomic E-state index is 5.51. The fraction of sp³-hybridized carbons (Fsp3) is 0.364. The van der Waals surface area contributed by atoms with E-state index in [-0.39, 0.29) is 5.35 Å². The van der Waals surface area contributed by atoms with Crippen molar-refractivity contribution in [2.24, 2.45) is 0 Å². The Morgan fingerprint density at radius 1 is 1.00 bits per heavy atom. The van der Waals surface area contributed by atoms with Crippen molar-refractivity contribution in [2.45, 2.75) is 0 Å². The second kappa shape index (κ2) is 5.84. The second-order valence-corrected chi connectivity index (χ2v) is 3.48. The molecule has 0 amide bonds. The predicted octanol–water partition coefficient (Wildman–Crippen LogP) is 2.51. The summed E-state index contributed by atoms with van der Waals surface area (Å²) in [5.74, 6) is 0. The molecule has 1 aliphatic heterocycles. The summed E-state index contributed by atoms with van der Waals surface area (Å²) in [6, 6.07) is 7.45. The molecule has 0 unspecified atom stereocenters. The smallest absolute Gasteiger partial charge is 0.293 e. The quantitative estimate of drug-likeness (QED) is 0.711. The molecule has 1 aliphatic rings. The lowest BCUT2D eigenvalue weighted by Gasteiger charge is -2.09. The van der Waals surface area contributed by atoms with E-state index in [4.69, 9.17) is 25.5 Å². The number of oxazole rings is 1. The Kier molecular flexibility index (Phi) is 4.16. The van der Waals surface area contributed by atoms with Gasteiger partial charge < -0.3 is 13.9 Å². The summed E-state index contributed by atoms with van der Waals surface area (Å²) >= 11 is 5.51. The molecule has 0 aliphatic carbocycles. The van der Waals surface area contributed by atoms with Gasteiger partial charge >= 0.3 is 0 Å². The van der Waals surface area contributed by atoms with E-state index in [1.54, 1.807) is 0 Å².